The maximum atomic E-state index is 12.9. The highest BCUT2D eigenvalue weighted by molar-refractivity contribution is 5.85. The van der Waals surface area contributed by atoms with Crippen LogP contribution in [0.1, 0.15) is 174 Å². The van der Waals surface area contributed by atoms with Crippen molar-refractivity contribution in [2.45, 2.75) is 143 Å². The number of hydrogen-bond acceptors (Lipinski definition) is 16. The molecule has 488 valence electrons. The summed E-state index contributed by atoms with van der Waals surface area (Å²) in [7, 11) is 0. The van der Waals surface area contributed by atoms with Crippen molar-refractivity contribution in [3.05, 3.63) is 232 Å². The van der Waals surface area contributed by atoms with E-state index in [2.05, 4.69) is 162 Å². The fraction of sp³-hybridized carbons (Fsp3) is 0.342. The molecule has 1 aliphatic rings. The summed E-state index contributed by atoms with van der Waals surface area (Å²) in [5.74, 6) is 1.74. The third kappa shape index (κ3) is 17.3. The Hall–Kier alpha value is -10.1. The van der Waals surface area contributed by atoms with Crippen molar-refractivity contribution in [2.75, 3.05) is 26.3 Å². The topological polar surface area (TPSA) is 260 Å². The number of hydrogen-bond donors (Lipinski definition) is 4. The monoisotopic (exact) mass is 1270 g/mol. The zero-order valence-corrected chi connectivity index (χ0v) is 55.7. The van der Waals surface area contributed by atoms with Gasteiger partial charge in [0.2, 0.25) is 0 Å². The number of benzene rings is 8. The van der Waals surface area contributed by atoms with Crippen LogP contribution in [0, 0.1) is 20.2 Å². The maximum Gasteiger partial charge on any atom is 0.269 e. The number of fused-ring (bicyclic) bond motifs is 8. The Bertz CT molecular complexity index is 3870. The molecule has 1 aliphatic carbocycles. The Labute approximate surface area is 549 Å². The number of azo groups is 2. The van der Waals surface area contributed by atoms with Gasteiger partial charge in [0.15, 0.2) is 0 Å². The first-order chi connectivity index (χ1) is 44.4. The van der Waals surface area contributed by atoms with E-state index in [9.17, 15) is 40.7 Å². The highest BCUT2D eigenvalue weighted by atomic mass is 16.6. The van der Waals surface area contributed by atoms with Crippen LogP contribution in [0.4, 0.5) is 34.1 Å². The van der Waals surface area contributed by atoms with Crippen molar-refractivity contribution in [1.29, 1.82) is 0 Å². The highest BCUT2D eigenvalue weighted by Crippen LogP contribution is 2.44. The number of aromatic hydroxyl groups is 4. The van der Waals surface area contributed by atoms with Gasteiger partial charge in [-0.15, -0.1) is 0 Å². The predicted octanol–water partition coefficient (Wildman–Crippen LogP) is 18.8. The van der Waals surface area contributed by atoms with Crippen molar-refractivity contribution >= 4 is 46.6 Å². The molecule has 0 aliphatic heterocycles. The van der Waals surface area contributed by atoms with Crippen LogP contribution >= 0.6 is 0 Å². The van der Waals surface area contributed by atoms with Gasteiger partial charge in [-0.3, -0.25) is 30.2 Å². The van der Waals surface area contributed by atoms with Gasteiger partial charge >= 0.3 is 0 Å². The molecule has 94 heavy (non-hydrogen) atoms. The Balaban J connectivity index is 1.06. The van der Waals surface area contributed by atoms with E-state index in [1.807, 2.05) is 0 Å². The molecule has 0 aromatic heterocycles. The number of nitro groups is 2. The third-order valence-corrected chi connectivity index (χ3v) is 16.5. The lowest BCUT2D eigenvalue weighted by molar-refractivity contribution is -0.385. The molecule has 0 saturated heterocycles. The SMILES string of the molecule is CC(C)(C)c1cc2c(O)c(c1)Cc1cc(C(C)(C)C)cc(c1OCCCN=Cc1cc(N=Nc3ccc([N+](=O)[O-])cc3)ccc1O)Cc1cc(C(C)(C)C)cc(c1O)Cc1cc(C(C)(C)C)cc(c1OCCCN=Cc1cc(N=Nc3ccc([N+](=O)[O-])cc3)ccc1O)C2. The molecule has 0 spiro atoms. The van der Waals surface area contributed by atoms with Crippen LogP contribution in [-0.2, 0) is 47.3 Å². The normalized spacial score (nSPS) is 13.1. The highest BCUT2D eigenvalue weighted by Gasteiger charge is 2.29. The molecule has 0 unspecified atom stereocenters. The van der Waals surface area contributed by atoms with E-state index in [1.165, 1.54) is 60.7 Å². The molecule has 0 amide bonds. The molecule has 4 N–H and O–H groups in total. The van der Waals surface area contributed by atoms with Gasteiger partial charge in [0, 0.05) is 99.4 Å². The van der Waals surface area contributed by atoms with Gasteiger partial charge in [-0.05, 0) is 149 Å². The standard InChI is InChI=1S/C76H84N8O10/c1-73(2,3)57-35-47-31-51-39-59(75(7,8)9)41-53(71(51)93-29-13-27-77-45-55-43-63(19-25-67(55)85)81-79-61-15-21-65(22-16-61)83(89)90)33-49-37-58(74(4,5)6)38-50(70(49)88)34-54-42-60(76(10,11)12)40-52(32-48(36-57)69(47)87)72(54)94-30-14-28-78-46-56-44-64(20-26-68(56)86)82-80-62-17-23-66(24-18-62)84(91)92/h15-26,35-46,85-88H,13-14,27-34H2,1-12H3. The summed E-state index contributed by atoms with van der Waals surface area (Å²) in [6, 6.07) is 38.3. The average molecular weight is 1270 g/mol. The zero-order chi connectivity index (χ0) is 67.9. The lowest BCUT2D eigenvalue weighted by Gasteiger charge is -2.28. The fourth-order valence-corrected chi connectivity index (χ4v) is 10.9. The van der Waals surface area contributed by atoms with Crippen molar-refractivity contribution in [1.82, 2.24) is 0 Å². The van der Waals surface area contributed by atoms with Gasteiger partial charge in [-0.2, -0.15) is 20.5 Å². The molecule has 0 radical (unpaired) electrons. The minimum absolute atomic E-state index is 0.0128. The molecule has 9 rings (SSSR count). The van der Waals surface area contributed by atoms with E-state index in [-0.39, 0.29) is 69.2 Å². The fourth-order valence-electron chi connectivity index (χ4n) is 10.9. The largest absolute Gasteiger partial charge is 0.507 e. The van der Waals surface area contributed by atoms with E-state index in [1.54, 1.807) is 36.7 Å². The number of ether oxygens (including phenoxy) is 2. The van der Waals surface area contributed by atoms with E-state index in [4.69, 9.17) is 9.47 Å². The van der Waals surface area contributed by atoms with Crippen LogP contribution in [-0.4, -0.2) is 69.0 Å². The predicted molar refractivity (Wildman–Crippen MR) is 371 cm³/mol. The van der Waals surface area contributed by atoms with Crippen LogP contribution in [0.5, 0.6) is 34.5 Å². The van der Waals surface area contributed by atoms with Crippen LogP contribution in [0.25, 0.3) is 0 Å². The number of aliphatic imine (C=N–C) groups is 2. The van der Waals surface area contributed by atoms with Gasteiger partial charge in [0.05, 0.1) is 45.8 Å². The first-order valence-corrected chi connectivity index (χ1v) is 31.6. The molecule has 0 heterocycles. The second-order valence-corrected chi connectivity index (χ2v) is 28.1. The van der Waals surface area contributed by atoms with Gasteiger partial charge < -0.3 is 29.9 Å². The Morgan fingerprint density at radius 3 is 0.936 bits per heavy atom. The molecule has 18 heteroatoms. The molecular weight excluding hydrogens is 1180 g/mol. The maximum absolute atomic E-state index is 12.9. The molecule has 8 aromatic rings. The van der Waals surface area contributed by atoms with Gasteiger partial charge in [-0.25, -0.2) is 0 Å². The Kier molecular flexibility index (Phi) is 20.6. The molecule has 8 aromatic carbocycles. The lowest BCUT2D eigenvalue weighted by Crippen LogP contribution is -2.17. The summed E-state index contributed by atoms with van der Waals surface area (Å²) >= 11 is 0. The third-order valence-electron chi connectivity index (χ3n) is 16.5. The number of nitrogens with zero attached hydrogens (tertiary/aromatic N) is 8. The van der Waals surface area contributed by atoms with Crippen LogP contribution in [0.15, 0.2) is 164 Å². The van der Waals surface area contributed by atoms with Gasteiger partial charge in [0.25, 0.3) is 11.4 Å². The summed E-state index contributed by atoms with van der Waals surface area (Å²) < 4.78 is 14.0. The summed E-state index contributed by atoms with van der Waals surface area (Å²) in [5.41, 5.74) is 12.1. The minimum atomic E-state index is -0.478. The second kappa shape index (κ2) is 28.4. The molecule has 8 bridgehead atoms. The molecule has 0 saturated carbocycles. The first kappa shape index (κ1) is 68.3. The van der Waals surface area contributed by atoms with Crippen LogP contribution in [0.3, 0.4) is 0 Å². The van der Waals surface area contributed by atoms with E-state index >= 15 is 0 Å². The number of non-ortho nitro benzene ring substituents is 2. The second-order valence-electron chi connectivity index (χ2n) is 28.1. The number of nitro benzene ring substituents is 2. The average Bonchev–Trinajstić information content (AvgIpc) is 0.770. The zero-order valence-electron chi connectivity index (χ0n) is 55.7. The summed E-state index contributed by atoms with van der Waals surface area (Å²) in [4.78, 5) is 30.6. The molecule has 0 fully saturated rings. The van der Waals surface area contributed by atoms with Crippen LogP contribution in [0.2, 0.25) is 0 Å². The quantitative estimate of drug-likeness (QED) is 0.0208. The number of phenolic OH excluding ortho intramolecular Hbond substituents is 4. The van der Waals surface area contributed by atoms with Crippen molar-refractivity contribution in [3.8, 4) is 34.5 Å². The van der Waals surface area contributed by atoms with Crippen molar-refractivity contribution < 1.29 is 39.7 Å². The number of phenols is 4. The first-order valence-electron chi connectivity index (χ1n) is 31.6. The van der Waals surface area contributed by atoms with Crippen molar-refractivity contribution in [2.24, 2.45) is 30.4 Å². The summed E-state index contributed by atoms with van der Waals surface area (Å²) in [6.45, 7) is 27.4. The molecular formula is C76H84N8O10. The summed E-state index contributed by atoms with van der Waals surface area (Å²) in [5, 5.41) is 86.6. The van der Waals surface area contributed by atoms with Gasteiger partial charge in [-0.1, -0.05) is 132 Å². The van der Waals surface area contributed by atoms with E-state index < -0.39 is 9.85 Å². The summed E-state index contributed by atoms with van der Waals surface area (Å²) in [6.07, 6.45) is 5.51. The van der Waals surface area contributed by atoms with E-state index in [0.29, 0.717) is 97.0 Å². The van der Waals surface area contributed by atoms with Crippen molar-refractivity contribution in [3.63, 3.8) is 0 Å². The Morgan fingerprint density at radius 1 is 0.394 bits per heavy atom. The van der Waals surface area contributed by atoms with E-state index in [0.717, 1.165) is 66.8 Å². The minimum Gasteiger partial charge on any atom is -0.507 e. The smallest absolute Gasteiger partial charge is 0.269 e. The van der Waals surface area contributed by atoms with Gasteiger partial charge in [0.1, 0.15) is 34.5 Å². The number of rotatable bonds is 18. The lowest BCUT2D eigenvalue weighted by atomic mass is 9.79. The van der Waals surface area contributed by atoms with Crippen LogP contribution < -0.4 is 9.47 Å². The Morgan fingerprint density at radius 2 is 0.660 bits per heavy atom. The molecule has 18 nitrogen and oxygen atoms in total. The molecule has 0 atom stereocenters.